The zero-order valence-corrected chi connectivity index (χ0v) is 10.1. The monoisotopic (exact) mass is 300 g/mol. The molecule has 2 rings (SSSR count). The van der Waals surface area contributed by atoms with E-state index in [1.165, 1.54) is 6.07 Å². The Morgan fingerprint density at radius 3 is 2.43 bits per heavy atom. The van der Waals surface area contributed by atoms with Crippen LogP contribution < -0.4 is 11.2 Å². The average Bonchev–Trinajstić information content (AvgIpc) is 2.36. The zero-order chi connectivity index (χ0) is 15.6. The van der Waals surface area contributed by atoms with Gasteiger partial charge in [0.25, 0.3) is 5.56 Å². The maximum atomic E-state index is 12.5. The average molecular weight is 300 g/mol. The van der Waals surface area contributed by atoms with E-state index in [0.29, 0.717) is 0 Å². The molecule has 3 N–H and O–H groups in total. The number of alkyl halides is 3. The fourth-order valence-electron chi connectivity index (χ4n) is 1.41. The lowest BCUT2D eigenvalue weighted by atomic mass is 10.2. The molecule has 0 radical (unpaired) electrons. The molecule has 10 heteroatoms. The molecule has 2 aromatic rings. The van der Waals surface area contributed by atoms with Crippen molar-refractivity contribution in [2.45, 2.75) is 6.18 Å². The summed E-state index contributed by atoms with van der Waals surface area (Å²) in [6.45, 7) is 0. The van der Waals surface area contributed by atoms with Gasteiger partial charge in [0, 0.05) is 0 Å². The van der Waals surface area contributed by atoms with Gasteiger partial charge in [-0.05, 0) is 18.2 Å². The van der Waals surface area contributed by atoms with Crippen LogP contribution in [0.25, 0.3) is 0 Å². The van der Waals surface area contributed by atoms with Crippen LogP contribution in [-0.2, 0) is 6.18 Å². The lowest BCUT2D eigenvalue weighted by molar-refractivity contribution is -0.137. The number of halogens is 3. The van der Waals surface area contributed by atoms with Crippen LogP contribution in [0.5, 0.6) is 5.88 Å². The quantitative estimate of drug-likeness (QED) is 0.739. The Bertz CT molecular complexity index is 807. The van der Waals surface area contributed by atoms with Gasteiger partial charge in [-0.3, -0.25) is 14.8 Å². The van der Waals surface area contributed by atoms with Crippen LogP contribution in [-0.4, -0.2) is 15.1 Å². The molecule has 0 fully saturated rings. The van der Waals surface area contributed by atoms with Crippen LogP contribution in [0.3, 0.4) is 0 Å². The van der Waals surface area contributed by atoms with E-state index in [1.54, 1.807) is 4.98 Å². The van der Waals surface area contributed by atoms with Crippen molar-refractivity contribution in [3.8, 4) is 5.88 Å². The second kappa shape index (κ2) is 5.23. The van der Waals surface area contributed by atoms with Gasteiger partial charge in [0.05, 0.1) is 11.3 Å². The smallest absolute Gasteiger partial charge is 0.416 e. The minimum Gasteiger partial charge on any atom is -0.493 e. The van der Waals surface area contributed by atoms with E-state index in [-0.39, 0.29) is 5.69 Å². The Morgan fingerprint density at radius 2 is 1.81 bits per heavy atom. The molecule has 0 atom stereocenters. The molecule has 0 aliphatic heterocycles. The summed E-state index contributed by atoms with van der Waals surface area (Å²) in [7, 11) is 0. The summed E-state index contributed by atoms with van der Waals surface area (Å²) in [5.74, 6) is -0.834. The van der Waals surface area contributed by atoms with Gasteiger partial charge in [0.1, 0.15) is 0 Å². The molecule has 0 amide bonds. The maximum absolute atomic E-state index is 12.5. The molecule has 0 saturated heterocycles. The number of azo groups is 1. The van der Waals surface area contributed by atoms with Gasteiger partial charge in [0.15, 0.2) is 0 Å². The largest absolute Gasteiger partial charge is 0.493 e. The summed E-state index contributed by atoms with van der Waals surface area (Å²) in [4.78, 5) is 25.8. The van der Waals surface area contributed by atoms with Gasteiger partial charge >= 0.3 is 11.9 Å². The predicted molar refractivity (Wildman–Crippen MR) is 65.0 cm³/mol. The van der Waals surface area contributed by atoms with E-state index >= 15 is 0 Å². The normalized spacial score (nSPS) is 12.0. The summed E-state index contributed by atoms with van der Waals surface area (Å²) in [5, 5.41) is 16.1. The molecule has 0 aliphatic carbocycles. The van der Waals surface area contributed by atoms with Crippen LogP contribution >= 0.6 is 0 Å². The van der Waals surface area contributed by atoms with Crippen LogP contribution in [0.15, 0.2) is 44.1 Å². The van der Waals surface area contributed by atoms with Crippen molar-refractivity contribution in [2.24, 2.45) is 10.2 Å². The van der Waals surface area contributed by atoms with Crippen molar-refractivity contribution in [3.63, 3.8) is 0 Å². The fraction of sp³-hybridized carbons (Fsp3) is 0.0909. The number of rotatable bonds is 2. The van der Waals surface area contributed by atoms with Crippen molar-refractivity contribution in [3.05, 3.63) is 50.7 Å². The highest BCUT2D eigenvalue weighted by molar-refractivity contribution is 5.45. The molecule has 0 spiro atoms. The Labute approximate surface area is 113 Å². The number of H-pyrrole nitrogens is 2. The molecule has 1 aromatic carbocycles. The van der Waals surface area contributed by atoms with Crippen LogP contribution in [0.1, 0.15) is 5.56 Å². The number of benzene rings is 1. The Kier molecular flexibility index (Phi) is 3.61. The molecule has 0 saturated carbocycles. The van der Waals surface area contributed by atoms with E-state index < -0.39 is 34.6 Å². The van der Waals surface area contributed by atoms with Crippen molar-refractivity contribution in [1.29, 1.82) is 0 Å². The van der Waals surface area contributed by atoms with E-state index in [2.05, 4.69) is 10.2 Å². The highest BCUT2D eigenvalue weighted by Gasteiger charge is 2.30. The zero-order valence-electron chi connectivity index (χ0n) is 10.1. The Hall–Kier alpha value is -2.91. The van der Waals surface area contributed by atoms with Gasteiger partial charge in [-0.25, -0.2) is 4.79 Å². The van der Waals surface area contributed by atoms with Crippen molar-refractivity contribution in [1.82, 2.24) is 9.97 Å². The second-order valence-electron chi connectivity index (χ2n) is 3.85. The van der Waals surface area contributed by atoms with E-state index in [1.807, 2.05) is 4.98 Å². The fourth-order valence-corrected chi connectivity index (χ4v) is 1.41. The Morgan fingerprint density at radius 1 is 1.10 bits per heavy atom. The summed E-state index contributed by atoms with van der Waals surface area (Å²) >= 11 is 0. The van der Waals surface area contributed by atoms with Gasteiger partial charge in [0.2, 0.25) is 11.6 Å². The van der Waals surface area contributed by atoms with Crippen LogP contribution in [0.2, 0.25) is 0 Å². The first-order chi connectivity index (χ1) is 9.77. The molecule has 1 aromatic heterocycles. The highest BCUT2D eigenvalue weighted by atomic mass is 19.4. The van der Waals surface area contributed by atoms with E-state index in [0.717, 1.165) is 18.2 Å². The lowest BCUT2D eigenvalue weighted by Crippen LogP contribution is -2.20. The summed E-state index contributed by atoms with van der Waals surface area (Å²) in [6.07, 6.45) is -4.54. The minimum atomic E-state index is -4.54. The molecule has 0 bridgehead atoms. The topological polar surface area (TPSA) is 111 Å². The molecular formula is C11H7F3N4O3. The van der Waals surface area contributed by atoms with Crippen molar-refractivity contribution in [2.75, 3.05) is 0 Å². The second-order valence-corrected chi connectivity index (χ2v) is 3.85. The minimum absolute atomic E-state index is 0.171. The van der Waals surface area contributed by atoms with Gasteiger partial charge in [-0.1, -0.05) is 6.07 Å². The first-order valence-electron chi connectivity index (χ1n) is 5.42. The SMILES string of the molecule is O=c1[nH]c(O)c(N=Nc2cccc(C(F)(F)F)c2)c(=O)[nH]1. The molecule has 21 heavy (non-hydrogen) atoms. The molecule has 0 unspecified atom stereocenters. The van der Waals surface area contributed by atoms with Gasteiger partial charge in [-0.2, -0.15) is 18.3 Å². The number of aromatic nitrogens is 2. The molecule has 7 nitrogen and oxygen atoms in total. The number of hydrogen-bond acceptors (Lipinski definition) is 5. The molecule has 0 aliphatic rings. The van der Waals surface area contributed by atoms with E-state index in [4.69, 9.17) is 0 Å². The third-order valence-electron chi connectivity index (χ3n) is 2.34. The van der Waals surface area contributed by atoms with Crippen molar-refractivity contribution >= 4 is 11.4 Å². The molecular weight excluding hydrogens is 293 g/mol. The van der Waals surface area contributed by atoms with Crippen LogP contribution in [0.4, 0.5) is 24.5 Å². The number of hydrogen-bond donors (Lipinski definition) is 3. The van der Waals surface area contributed by atoms with Gasteiger partial charge < -0.3 is 5.11 Å². The summed E-state index contributed by atoms with van der Waals surface area (Å²) < 4.78 is 37.5. The standard InChI is InChI=1S/C11H7F3N4O3/c12-11(13,14)5-2-1-3-6(4-5)17-18-7-8(19)15-10(21)16-9(7)20/h1-4H,(H3,15,16,19,20,21). The van der Waals surface area contributed by atoms with Crippen LogP contribution in [0, 0.1) is 0 Å². The Balaban J connectivity index is 2.39. The molecule has 110 valence electrons. The first kappa shape index (κ1) is 14.5. The third-order valence-corrected chi connectivity index (χ3v) is 2.34. The summed E-state index contributed by atoms with van der Waals surface area (Å²) in [6, 6.07) is 3.92. The number of aromatic hydroxyl groups is 1. The first-order valence-corrected chi connectivity index (χ1v) is 5.42. The van der Waals surface area contributed by atoms with E-state index in [9.17, 15) is 27.9 Å². The number of aromatic amines is 2. The number of nitrogens with zero attached hydrogens (tertiary/aromatic N) is 2. The van der Waals surface area contributed by atoms with Gasteiger partial charge in [-0.15, -0.1) is 5.11 Å². The lowest BCUT2D eigenvalue weighted by Gasteiger charge is -2.05. The van der Waals surface area contributed by atoms with Crippen molar-refractivity contribution < 1.29 is 18.3 Å². The highest BCUT2D eigenvalue weighted by Crippen LogP contribution is 2.31. The molecule has 1 heterocycles. The third kappa shape index (κ3) is 3.35. The summed E-state index contributed by atoms with van der Waals surface area (Å²) in [5.41, 5.74) is -3.69. The maximum Gasteiger partial charge on any atom is 0.416 e. The predicted octanol–water partition coefficient (Wildman–Crippen LogP) is 2.20. The number of nitrogens with one attached hydrogen (secondary N) is 2.